The van der Waals surface area contributed by atoms with Gasteiger partial charge < -0.3 is 14.2 Å². The van der Waals surface area contributed by atoms with E-state index < -0.39 is 5.54 Å². The molecule has 1 aliphatic heterocycles. The first-order chi connectivity index (χ1) is 14.7. The van der Waals surface area contributed by atoms with E-state index in [1.54, 1.807) is 34.1 Å². The standard InChI is InChI=1S/C20H18Br2ClN5O3/c1-20(2)10-26(18(29)15-9-14(21)16(22)31-15)6-7-27(20)19(30)17-24-11-28(25-17)13-5-3-4-12(23)8-13/h3-5,8-9,11H,6-7,10H2,1-2H3. The summed E-state index contributed by atoms with van der Waals surface area (Å²) in [5.74, 6) is -0.195. The van der Waals surface area contributed by atoms with Gasteiger partial charge in [0, 0.05) is 30.7 Å². The molecule has 8 nitrogen and oxygen atoms in total. The van der Waals surface area contributed by atoms with Crippen molar-refractivity contribution in [3.05, 3.63) is 62.4 Å². The first-order valence-corrected chi connectivity index (χ1v) is 11.4. The number of hydrogen-bond donors (Lipinski definition) is 0. The fraction of sp³-hybridized carbons (Fsp3) is 0.300. The Morgan fingerprint density at radius 1 is 1.16 bits per heavy atom. The van der Waals surface area contributed by atoms with Crippen molar-refractivity contribution in [1.29, 1.82) is 0 Å². The molecule has 31 heavy (non-hydrogen) atoms. The van der Waals surface area contributed by atoms with Crippen LogP contribution in [0.2, 0.25) is 5.02 Å². The number of aromatic nitrogens is 3. The van der Waals surface area contributed by atoms with Crippen molar-refractivity contribution in [3.8, 4) is 5.69 Å². The summed E-state index contributed by atoms with van der Waals surface area (Å²) in [6.07, 6.45) is 1.48. The largest absolute Gasteiger partial charge is 0.443 e. The van der Waals surface area contributed by atoms with Gasteiger partial charge in [-0.05, 0) is 63.9 Å². The summed E-state index contributed by atoms with van der Waals surface area (Å²) in [6, 6.07) is 8.76. The highest BCUT2D eigenvalue weighted by molar-refractivity contribution is 9.13. The Labute approximate surface area is 200 Å². The Balaban J connectivity index is 1.50. The Hall–Kier alpha value is -2.17. The zero-order chi connectivity index (χ0) is 22.3. The lowest BCUT2D eigenvalue weighted by Crippen LogP contribution is -2.62. The summed E-state index contributed by atoms with van der Waals surface area (Å²) in [6.45, 7) is 4.90. The summed E-state index contributed by atoms with van der Waals surface area (Å²) in [7, 11) is 0. The number of piperazine rings is 1. The van der Waals surface area contributed by atoms with Gasteiger partial charge in [0.15, 0.2) is 10.4 Å². The highest BCUT2D eigenvalue weighted by atomic mass is 79.9. The molecule has 0 saturated carbocycles. The lowest BCUT2D eigenvalue weighted by Gasteiger charge is -2.46. The van der Waals surface area contributed by atoms with Crippen molar-refractivity contribution in [2.45, 2.75) is 19.4 Å². The summed E-state index contributed by atoms with van der Waals surface area (Å²) in [5, 5.41) is 4.89. The van der Waals surface area contributed by atoms with Crippen LogP contribution < -0.4 is 0 Å². The van der Waals surface area contributed by atoms with E-state index in [-0.39, 0.29) is 23.4 Å². The molecular weight excluding hydrogens is 554 g/mol. The van der Waals surface area contributed by atoms with Crippen LogP contribution in [0.25, 0.3) is 5.69 Å². The smallest absolute Gasteiger partial charge is 0.294 e. The maximum atomic E-state index is 13.1. The number of rotatable bonds is 3. The van der Waals surface area contributed by atoms with Crippen molar-refractivity contribution in [2.75, 3.05) is 19.6 Å². The SMILES string of the molecule is CC1(C)CN(C(=O)c2cc(Br)c(Br)o2)CCN1C(=O)c1ncn(-c2cccc(Cl)c2)n1. The molecule has 3 aromatic rings. The average Bonchev–Trinajstić information content (AvgIpc) is 3.33. The van der Waals surface area contributed by atoms with Crippen LogP contribution in [0.1, 0.15) is 35.0 Å². The number of furan rings is 1. The van der Waals surface area contributed by atoms with E-state index in [0.717, 1.165) is 0 Å². The molecule has 0 atom stereocenters. The van der Waals surface area contributed by atoms with Crippen LogP contribution in [0.5, 0.6) is 0 Å². The molecule has 0 aliphatic carbocycles. The molecule has 3 heterocycles. The van der Waals surface area contributed by atoms with Gasteiger partial charge in [-0.25, -0.2) is 9.67 Å². The van der Waals surface area contributed by atoms with Crippen molar-refractivity contribution < 1.29 is 14.0 Å². The van der Waals surface area contributed by atoms with E-state index in [1.165, 1.54) is 11.0 Å². The van der Waals surface area contributed by atoms with Gasteiger partial charge in [0.2, 0.25) is 5.82 Å². The molecule has 4 rings (SSSR count). The summed E-state index contributed by atoms with van der Waals surface area (Å²) in [5.41, 5.74) is 0.0950. The van der Waals surface area contributed by atoms with Crippen LogP contribution in [0.4, 0.5) is 0 Å². The number of halogens is 3. The minimum absolute atomic E-state index is 0.0896. The second kappa shape index (κ2) is 8.40. The van der Waals surface area contributed by atoms with Gasteiger partial charge in [0.1, 0.15) is 6.33 Å². The Morgan fingerprint density at radius 3 is 2.58 bits per heavy atom. The van der Waals surface area contributed by atoms with Crippen LogP contribution in [0, 0.1) is 0 Å². The molecule has 0 bridgehead atoms. The summed E-state index contributed by atoms with van der Waals surface area (Å²) >= 11 is 12.6. The predicted octanol–water partition coefficient (Wildman–Crippen LogP) is 4.42. The van der Waals surface area contributed by atoms with E-state index in [0.29, 0.717) is 39.5 Å². The van der Waals surface area contributed by atoms with Crippen molar-refractivity contribution in [2.24, 2.45) is 0 Å². The molecule has 1 aliphatic rings. The third-order valence-corrected chi connectivity index (χ3v) is 6.99. The second-order valence-electron chi connectivity index (χ2n) is 7.72. The molecule has 0 spiro atoms. The molecule has 0 N–H and O–H groups in total. The molecule has 1 saturated heterocycles. The lowest BCUT2D eigenvalue weighted by atomic mass is 9.98. The van der Waals surface area contributed by atoms with E-state index in [4.69, 9.17) is 16.0 Å². The average molecular weight is 572 g/mol. The zero-order valence-corrected chi connectivity index (χ0v) is 20.6. The van der Waals surface area contributed by atoms with Gasteiger partial charge in [-0.1, -0.05) is 17.7 Å². The van der Waals surface area contributed by atoms with E-state index in [2.05, 4.69) is 41.9 Å². The van der Waals surface area contributed by atoms with E-state index >= 15 is 0 Å². The molecule has 2 amide bonds. The first kappa shape index (κ1) is 22.0. The third-order valence-electron chi connectivity index (χ3n) is 5.05. The Bertz CT molecular complexity index is 1140. The Morgan fingerprint density at radius 2 is 1.94 bits per heavy atom. The molecular formula is C20H18Br2ClN5O3. The predicted molar refractivity (Wildman–Crippen MR) is 121 cm³/mol. The zero-order valence-electron chi connectivity index (χ0n) is 16.7. The molecule has 2 aromatic heterocycles. The molecule has 11 heteroatoms. The highest BCUT2D eigenvalue weighted by Crippen LogP contribution is 2.29. The maximum Gasteiger partial charge on any atom is 0.294 e. The number of amides is 2. The lowest BCUT2D eigenvalue weighted by molar-refractivity contribution is 0.0149. The minimum atomic E-state index is -0.617. The first-order valence-electron chi connectivity index (χ1n) is 9.39. The number of carbonyl (C=O) groups is 2. The quantitative estimate of drug-likeness (QED) is 0.465. The monoisotopic (exact) mass is 569 g/mol. The van der Waals surface area contributed by atoms with Crippen LogP contribution in [-0.4, -0.2) is 61.6 Å². The topological polar surface area (TPSA) is 84.5 Å². The highest BCUT2D eigenvalue weighted by Gasteiger charge is 2.40. The van der Waals surface area contributed by atoms with Gasteiger partial charge >= 0.3 is 0 Å². The van der Waals surface area contributed by atoms with Gasteiger partial charge in [0.05, 0.1) is 15.7 Å². The van der Waals surface area contributed by atoms with Crippen LogP contribution in [0.15, 0.2) is 50.2 Å². The molecule has 162 valence electrons. The fourth-order valence-corrected chi connectivity index (χ4v) is 4.30. The summed E-state index contributed by atoms with van der Waals surface area (Å²) in [4.78, 5) is 33.5. The molecule has 0 radical (unpaired) electrons. The minimum Gasteiger partial charge on any atom is -0.443 e. The molecule has 1 aromatic carbocycles. The maximum absolute atomic E-state index is 13.1. The van der Waals surface area contributed by atoms with E-state index in [9.17, 15) is 9.59 Å². The van der Waals surface area contributed by atoms with Crippen molar-refractivity contribution >= 4 is 55.3 Å². The fourth-order valence-electron chi connectivity index (χ4n) is 3.54. The number of benzene rings is 1. The van der Waals surface area contributed by atoms with E-state index in [1.807, 2.05) is 19.9 Å². The normalized spacial score (nSPS) is 15.9. The molecule has 0 unspecified atom stereocenters. The number of carbonyl (C=O) groups excluding carboxylic acids is 2. The number of nitrogens with zero attached hydrogens (tertiary/aromatic N) is 5. The third kappa shape index (κ3) is 4.42. The van der Waals surface area contributed by atoms with Gasteiger partial charge in [-0.2, -0.15) is 0 Å². The Kier molecular flexibility index (Phi) is 5.97. The summed E-state index contributed by atoms with van der Waals surface area (Å²) < 4.78 is 8.11. The second-order valence-corrected chi connectivity index (χ2v) is 9.73. The van der Waals surface area contributed by atoms with Gasteiger partial charge in [-0.15, -0.1) is 5.10 Å². The molecule has 1 fully saturated rings. The van der Waals surface area contributed by atoms with Crippen LogP contribution in [-0.2, 0) is 0 Å². The number of hydrogen-bond acceptors (Lipinski definition) is 5. The van der Waals surface area contributed by atoms with Crippen LogP contribution >= 0.6 is 43.5 Å². The van der Waals surface area contributed by atoms with Crippen LogP contribution in [0.3, 0.4) is 0 Å². The van der Waals surface area contributed by atoms with Crippen molar-refractivity contribution in [1.82, 2.24) is 24.6 Å². The van der Waals surface area contributed by atoms with Gasteiger partial charge in [0.25, 0.3) is 11.8 Å². The van der Waals surface area contributed by atoms with Gasteiger partial charge in [-0.3, -0.25) is 9.59 Å². The van der Waals surface area contributed by atoms with Crippen molar-refractivity contribution in [3.63, 3.8) is 0 Å².